The van der Waals surface area contributed by atoms with Gasteiger partial charge in [-0.1, -0.05) is 12.7 Å². The fourth-order valence-electron chi connectivity index (χ4n) is 0.293. The van der Waals surface area contributed by atoms with Gasteiger partial charge in [0.05, 0.1) is 12.4 Å². The average molecular weight is 128 g/mol. The molecule has 0 amide bonds. The lowest BCUT2D eigenvalue weighted by atomic mass is 10.4. The van der Waals surface area contributed by atoms with Crippen molar-refractivity contribution in [1.29, 1.82) is 0 Å². The van der Waals surface area contributed by atoms with Crippen molar-refractivity contribution >= 4 is 0 Å². The van der Waals surface area contributed by atoms with Crippen LogP contribution in [-0.2, 0) is 4.74 Å². The van der Waals surface area contributed by atoms with E-state index >= 15 is 0 Å². The number of aliphatic hydroxyl groups excluding tert-OH is 1. The fraction of sp³-hybridized carbons (Fsp3) is 0.429. The highest BCUT2D eigenvalue weighted by Gasteiger charge is 1.82. The smallest absolute Gasteiger partial charge is 0.105 e. The number of hydrogen-bond donors (Lipinski definition) is 1. The Labute approximate surface area is 55.5 Å². The summed E-state index contributed by atoms with van der Waals surface area (Å²) in [5.74, 6) is 0. The van der Waals surface area contributed by atoms with Gasteiger partial charge >= 0.3 is 0 Å². The molecule has 0 aromatic carbocycles. The Morgan fingerprint density at radius 3 is 2.89 bits per heavy atom. The van der Waals surface area contributed by atoms with Crippen molar-refractivity contribution in [3.05, 3.63) is 25.0 Å². The minimum Gasteiger partial charge on any atom is -0.497 e. The van der Waals surface area contributed by atoms with Crippen LogP contribution in [0.1, 0.15) is 6.92 Å². The summed E-state index contributed by atoms with van der Waals surface area (Å²) in [5.41, 5.74) is 0. The lowest BCUT2D eigenvalue weighted by molar-refractivity contribution is 0.231. The predicted molar refractivity (Wildman–Crippen MR) is 37.0 cm³/mol. The molecule has 0 aromatic heterocycles. The van der Waals surface area contributed by atoms with E-state index < -0.39 is 6.10 Å². The number of rotatable bonds is 4. The van der Waals surface area contributed by atoms with Gasteiger partial charge in [0.25, 0.3) is 0 Å². The van der Waals surface area contributed by atoms with E-state index in [1.807, 2.05) is 0 Å². The molecule has 2 heteroatoms. The maximum absolute atomic E-state index is 8.66. The summed E-state index contributed by atoms with van der Waals surface area (Å²) in [6, 6.07) is 0. The van der Waals surface area contributed by atoms with Crippen LogP contribution < -0.4 is 0 Å². The maximum Gasteiger partial charge on any atom is 0.105 e. The van der Waals surface area contributed by atoms with Gasteiger partial charge in [0.15, 0.2) is 0 Å². The van der Waals surface area contributed by atoms with Crippen LogP contribution in [0.2, 0.25) is 0 Å². The zero-order valence-corrected chi connectivity index (χ0v) is 5.58. The Kier molecular flexibility index (Phi) is 4.92. The molecule has 0 radical (unpaired) electrons. The Morgan fingerprint density at radius 2 is 2.44 bits per heavy atom. The van der Waals surface area contributed by atoms with Gasteiger partial charge in [-0.3, -0.25) is 0 Å². The van der Waals surface area contributed by atoms with Crippen LogP contribution >= 0.6 is 0 Å². The molecule has 9 heavy (non-hydrogen) atoms. The van der Waals surface area contributed by atoms with Crippen LogP contribution in [0.15, 0.2) is 25.0 Å². The SMILES string of the molecule is C=CCOC=C[C@H](C)O. The molecule has 0 aliphatic carbocycles. The third-order valence-electron chi connectivity index (χ3n) is 0.667. The fourth-order valence-corrected chi connectivity index (χ4v) is 0.293. The molecule has 0 aliphatic heterocycles. The van der Waals surface area contributed by atoms with E-state index in [1.54, 1.807) is 19.1 Å². The standard InChI is InChI=1S/C7H12O2/c1-3-5-9-6-4-7(2)8/h3-4,6-8H,1,5H2,2H3/t7-/m0/s1. The highest BCUT2D eigenvalue weighted by molar-refractivity contribution is 4.80. The van der Waals surface area contributed by atoms with Gasteiger partial charge in [-0.15, -0.1) is 0 Å². The van der Waals surface area contributed by atoms with Gasteiger partial charge < -0.3 is 9.84 Å². The summed E-state index contributed by atoms with van der Waals surface area (Å²) >= 11 is 0. The molecule has 0 unspecified atom stereocenters. The first-order chi connectivity index (χ1) is 4.27. The zero-order valence-electron chi connectivity index (χ0n) is 5.58. The summed E-state index contributed by atoms with van der Waals surface area (Å²) in [5, 5.41) is 8.66. The van der Waals surface area contributed by atoms with Crippen LogP contribution in [0.5, 0.6) is 0 Å². The van der Waals surface area contributed by atoms with E-state index in [0.29, 0.717) is 6.61 Å². The van der Waals surface area contributed by atoms with Gasteiger partial charge in [-0.05, 0) is 13.0 Å². The lowest BCUT2D eigenvalue weighted by Gasteiger charge is -1.94. The molecular formula is C7H12O2. The number of ether oxygens (including phenoxy) is 1. The van der Waals surface area contributed by atoms with E-state index in [9.17, 15) is 0 Å². The molecule has 1 atom stereocenters. The molecule has 0 saturated carbocycles. The lowest BCUT2D eigenvalue weighted by Crippen LogP contribution is -1.92. The van der Waals surface area contributed by atoms with Crippen LogP contribution in [-0.4, -0.2) is 17.8 Å². The average Bonchev–Trinajstić information content (AvgIpc) is 1.80. The first-order valence-electron chi connectivity index (χ1n) is 2.84. The largest absolute Gasteiger partial charge is 0.497 e. The molecule has 1 N–H and O–H groups in total. The van der Waals surface area contributed by atoms with E-state index in [-0.39, 0.29) is 0 Å². The molecule has 0 aromatic rings. The molecule has 0 rings (SSSR count). The molecule has 0 saturated heterocycles. The van der Waals surface area contributed by atoms with Crippen molar-refractivity contribution in [3.8, 4) is 0 Å². The molecule has 0 spiro atoms. The number of aliphatic hydroxyl groups is 1. The van der Waals surface area contributed by atoms with Gasteiger partial charge in [0.1, 0.15) is 6.61 Å². The summed E-state index contributed by atoms with van der Waals surface area (Å²) in [6.45, 7) is 5.61. The number of hydrogen-bond acceptors (Lipinski definition) is 2. The second-order valence-electron chi connectivity index (χ2n) is 1.69. The second kappa shape index (κ2) is 5.38. The van der Waals surface area contributed by atoms with Crippen molar-refractivity contribution in [2.24, 2.45) is 0 Å². The van der Waals surface area contributed by atoms with Crippen LogP contribution in [0, 0.1) is 0 Å². The monoisotopic (exact) mass is 128 g/mol. The van der Waals surface area contributed by atoms with Crippen LogP contribution in [0.25, 0.3) is 0 Å². The van der Waals surface area contributed by atoms with Gasteiger partial charge in [-0.25, -0.2) is 0 Å². The molecule has 0 bridgehead atoms. The van der Waals surface area contributed by atoms with Gasteiger partial charge in [-0.2, -0.15) is 0 Å². The van der Waals surface area contributed by atoms with E-state index in [4.69, 9.17) is 9.84 Å². The highest BCUT2D eigenvalue weighted by atomic mass is 16.5. The maximum atomic E-state index is 8.66. The topological polar surface area (TPSA) is 29.5 Å². The Bertz CT molecular complexity index is 95.1. The quantitative estimate of drug-likeness (QED) is 0.349. The van der Waals surface area contributed by atoms with Crippen molar-refractivity contribution in [2.45, 2.75) is 13.0 Å². The molecule has 0 fully saturated rings. The van der Waals surface area contributed by atoms with Crippen molar-refractivity contribution in [2.75, 3.05) is 6.61 Å². The highest BCUT2D eigenvalue weighted by Crippen LogP contribution is 1.83. The van der Waals surface area contributed by atoms with E-state index in [1.165, 1.54) is 6.26 Å². The molecule has 0 heterocycles. The Balaban J connectivity index is 3.14. The van der Waals surface area contributed by atoms with Gasteiger partial charge in [0, 0.05) is 0 Å². The van der Waals surface area contributed by atoms with Gasteiger partial charge in [0.2, 0.25) is 0 Å². The van der Waals surface area contributed by atoms with Crippen LogP contribution in [0.3, 0.4) is 0 Å². The molecule has 52 valence electrons. The normalized spacial score (nSPS) is 13.6. The van der Waals surface area contributed by atoms with Crippen LogP contribution in [0.4, 0.5) is 0 Å². The Morgan fingerprint density at radius 1 is 1.78 bits per heavy atom. The summed E-state index contributed by atoms with van der Waals surface area (Å²) in [4.78, 5) is 0. The first kappa shape index (κ1) is 8.24. The minimum absolute atomic E-state index is 0.435. The first-order valence-corrected chi connectivity index (χ1v) is 2.84. The summed E-state index contributed by atoms with van der Waals surface area (Å²) < 4.78 is 4.84. The zero-order chi connectivity index (χ0) is 7.11. The second-order valence-corrected chi connectivity index (χ2v) is 1.69. The van der Waals surface area contributed by atoms with E-state index in [0.717, 1.165) is 0 Å². The van der Waals surface area contributed by atoms with E-state index in [2.05, 4.69) is 6.58 Å². The summed E-state index contributed by atoms with van der Waals surface area (Å²) in [7, 11) is 0. The van der Waals surface area contributed by atoms with Crippen molar-refractivity contribution < 1.29 is 9.84 Å². The third kappa shape index (κ3) is 7.24. The third-order valence-corrected chi connectivity index (χ3v) is 0.667. The molecule has 2 nitrogen and oxygen atoms in total. The predicted octanol–water partition coefficient (Wildman–Crippen LogP) is 1.08. The van der Waals surface area contributed by atoms with Crippen molar-refractivity contribution in [1.82, 2.24) is 0 Å². The minimum atomic E-state index is -0.435. The van der Waals surface area contributed by atoms with Crippen molar-refractivity contribution in [3.63, 3.8) is 0 Å². The molecular weight excluding hydrogens is 116 g/mol. The Hall–Kier alpha value is -0.760. The summed E-state index contributed by atoms with van der Waals surface area (Å²) in [6.07, 6.45) is 4.23. The molecule has 0 aliphatic rings.